The van der Waals surface area contributed by atoms with Gasteiger partial charge in [0.2, 0.25) is 5.91 Å². The van der Waals surface area contributed by atoms with Gasteiger partial charge in [-0.05, 0) is 49.1 Å². The molecule has 126 valence electrons. The van der Waals surface area contributed by atoms with Crippen LogP contribution in [0.25, 0.3) is 0 Å². The molecule has 1 atom stereocenters. The van der Waals surface area contributed by atoms with Gasteiger partial charge in [-0.1, -0.05) is 12.1 Å². The molecule has 1 aromatic carbocycles. The maximum atomic E-state index is 13.0. The normalized spacial score (nSPS) is 17.2. The Morgan fingerprint density at radius 3 is 2.79 bits per heavy atom. The molecule has 0 saturated carbocycles. The van der Waals surface area contributed by atoms with Crippen molar-refractivity contribution in [2.45, 2.75) is 30.1 Å². The van der Waals surface area contributed by atoms with Crippen LogP contribution < -0.4 is 4.90 Å². The predicted octanol–water partition coefficient (Wildman–Crippen LogP) is 2.57. The fourth-order valence-electron chi connectivity index (χ4n) is 3.13. The second-order valence-corrected chi connectivity index (χ2v) is 8.18. The third-order valence-corrected chi connectivity index (χ3v) is 5.57. The van der Waals surface area contributed by atoms with Crippen LogP contribution >= 0.6 is 0 Å². The van der Waals surface area contributed by atoms with E-state index in [0.717, 1.165) is 36.8 Å². The second-order valence-electron chi connectivity index (χ2n) is 6.16. The van der Waals surface area contributed by atoms with E-state index in [-0.39, 0.29) is 16.7 Å². The predicted molar refractivity (Wildman–Crippen MR) is 92.9 cm³/mol. The van der Waals surface area contributed by atoms with E-state index in [1.807, 2.05) is 12.1 Å². The highest BCUT2D eigenvalue weighted by atomic mass is 32.2. The molecule has 6 heteroatoms. The van der Waals surface area contributed by atoms with E-state index in [2.05, 4.69) is 4.98 Å². The third kappa shape index (κ3) is 3.19. The largest absolute Gasteiger partial charge is 0.315 e. The van der Waals surface area contributed by atoms with E-state index in [4.69, 9.17) is 0 Å². The number of amides is 1. The Bertz CT molecular complexity index is 877. The summed E-state index contributed by atoms with van der Waals surface area (Å²) in [4.78, 5) is 19.1. The lowest BCUT2D eigenvalue weighted by Crippen LogP contribution is -2.34. The van der Waals surface area contributed by atoms with Crippen molar-refractivity contribution in [2.24, 2.45) is 0 Å². The fraction of sp³-hybridized carbons (Fsp3) is 0.333. The van der Waals surface area contributed by atoms with Crippen LogP contribution in [0.4, 0.5) is 5.69 Å². The topological polar surface area (TPSA) is 67.3 Å². The van der Waals surface area contributed by atoms with Crippen molar-refractivity contribution in [3.05, 3.63) is 53.9 Å². The molecule has 0 radical (unpaired) electrons. The highest BCUT2D eigenvalue weighted by Crippen LogP contribution is 2.32. The average molecular weight is 344 g/mol. The Morgan fingerprint density at radius 2 is 2.04 bits per heavy atom. The SMILES string of the molecule is CN(C(=O)[C@@H]1CCCc2cccnc21)c1cccc(S(C)(=O)=O)c1. The van der Waals surface area contributed by atoms with E-state index in [0.29, 0.717) is 5.69 Å². The first-order chi connectivity index (χ1) is 11.4. The number of carbonyl (C=O) groups excluding carboxylic acids is 1. The molecule has 0 spiro atoms. The first-order valence-corrected chi connectivity index (χ1v) is 9.78. The van der Waals surface area contributed by atoms with Crippen LogP contribution in [0.5, 0.6) is 0 Å². The van der Waals surface area contributed by atoms with Crippen molar-refractivity contribution in [3.8, 4) is 0 Å². The van der Waals surface area contributed by atoms with Gasteiger partial charge in [0.1, 0.15) is 0 Å². The number of anilines is 1. The van der Waals surface area contributed by atoms with Crippen LogP contribution in [0.3, 0.4) is 0 Å². The average Bonchev–Trinajstić information content (AvgIpc) is 2.59. The Hall–Kier alpha value is -2.21. The zero-order valence-corrected chi connectivity index (χ0v) is 14.6. The van der Waals surface area contributed by atoms with E-state index >= 15 is 0 Å². The number of hydrogen-bond donors (Lipinski definition) is 0. The lowest BCUT2D eigenvalue weighted by atomic mass is 9.85. The molecule has 0 unspecified atom stereocenters. The number of nitrogens with zero attached hydrogens (tertiary/aromatic N) is 2. The molecule has 0 fully saturated rings. The van der Waals surface area contributed by atoms with E-state index < -0.39 is 9.84 Å². The minimum Gasteiger partial charge on any atom is -0.315 e. The first kappa shape index (κ1) is 16.6. The number of benzene rings is 1. The zero-order valence-electron chi connectivity index (χ0n) is 13.8. The Balaban J connectivity index is 1.92. The molecule has 1 aromatic heterocycles. The van der Waals surface area contributed by atoms with Gasteiger partial charge < -0.3 is 4.90 Å². The summed E-state index contributed by atoms with van der Waals surface area (Å²) in [6, 6.07) is 10.4. The molecule has 2 aromatic rings. The van der Waals surface area contributed by atoms with E-state index in [9.17, 15) is 13.2 Å². The van der Waals surface area contributed by atoms with Gasteiger partial charge in [0.25, 0.3) is 0 Å². The number of aromatic nitrogens is 1. The quantitative estimate of drug-likeness (QED) is 0.858. The summed E-state index contributed by atoms with van der Waals surface area (Å²) in [5.74, 6) is -0.331. The Kier molecular flexibility index (Phi) is 4.41. The molecule has 0 saturated heterocycles. The van der Waals surface area contributed by atoms with E-state index in [1.165, 1.54) is 17.0 Å². The minimum atomic E-state index is -3.31. The van der Waals surface area contributed by atoms with Crippen molar-refractivity contribution < 1.29 is 13.2 Å². The molecule has 0 N–H and O–H groups in total. The fourth-order valence-corrected chi connectivity index (χ4v) is 3.79. The summed E-state index contributed by atoms with van der Waals surface area (Å²) in [7, 11) is -1.63. The van der Waals surface area contributed by atoms with Gasteiger partial charge in [-0.15, -0.1) is 0 Å². The van der Waals surface area contributed by atoms with Gasteiger partial charge in [-0.25, -0.2) is 8.42 Å². The number of sulfone groups is 1. The molecule has 24 heavy (non-hydrogen) atoms. The number of fused-ring (bicyclic) bond motifs is 1. The monoisotopic (exact) mass is 344 g/mol. The Morgan fingerprint density at radius 1 is 1.25 bits per heavy atom. The summed E-state index contributed by atoms with van der Waals surface area (Å²) in [5, 5.41) is 0. The van der Waals surface area contributed by atoms with E-state index in [1.54, 1.807) is 25.4 Å². The molecule has 5 nitrogen and oxygen atoms in total. The summed E-state index contributed by atoms with van der Waals surface area (Å²) in [5.41, 5.74) is 2.55. The van der Waals surface area contributed by atoms with Crippen LogP contribution in [0, 0.1) is 0 Å². The van der Waals surface area contributed by atoms with Crippen LogP contribution in [-0.2, 0) is 21.1 Å². The van der Waals surface area contributed by atoms with Gasteiger partial charge in [0, 0.05) is 25.2 Å². The van der Waals surface area contributed by atoms with Crippen LogP contribution in [-0.4, -0.2) is 32.6 Å². The molecule has 1 aliphatic carbocycles. The standard InChI is InChI=1S/C18H20N2O3S/c1-20(14-8-4-9-15(12-14)24(2,22)23)18(21)16-10-3-6-13-7-5-11-19-17(13)16/h4-5,7-9,11-12,16H,3,6,10H2,1-2H3/t16-/m1/s1. The number of likely N-dealkylation sites (N-methyl/N-ethyl adjacent to an activating group) is 1. The molecule has 1 aliphatic rings. The minimum absolute atomic E-state index is 0.0553. The zero-order chi connectivity index (χ0) is 17.3. The number of hydrogen-bond acceptors (Lipinski definition) is 4. The molecule has 1 heterocycles. The van der Waals surface area contributed by atoms with Gasteiger partial charge >= 0.3 is 0 Å². The molecule has 0 aliphatic heterocycles. The number of rotatable bonds is 3. The third-order valence-electron chi connectivity index (χ3n) is 4.46. The summed E-state index contributed by atoms with van der Waals surface area (Å²) in [6.07, 6.45) is 5.54. The van der Waals surface area contributed by atoms with Gasteiger partial charge in [0.05, 0.1) is 16.5 Å². The second kappa shape index (κ2) is 6.36. The molecule has 1 amide bonds. The van der Waals surface area contributed by atoms with Gasteiger partial charge in [-0.3, -0.25) is 9.78 Å². The highest BCUT2D eigenvalue weighted by Gasteiger charge is 2.30. The maximum Gasteiger partial charge on any atom is 0.235 e. The number of aryl methyl sites for hydroxylation is 1. The summed E-state index contributed by atoms with van der Waals surface area (Å²) < 4.78 is 23.5. The van der Waals surface area contributed by atoms with Gasteiger partial charge in [-0.2, -0.15) is 0 Å². The number of carbonyl (C=O) groups is 1. The molecule has 0 bridgehead atoms. The van der Waals surface area contributed by atoms with Crippen molar-refractivity contribution in [1.29, 1.82) is 0 Å². The van der Waals surface area contributed by atoms with Crippen molar-refractivity contribution in [1.82, 2.24) is 4.98 Å². The Labute approximate surface area is 142 Å². The maximum absolute atomic E-state index is 13.0. The summed E-state index contributed by atoms with van der Waals surface area (Å²) >= 11 is 0. The van der Waals surface area contributed by atoms with Crippen molar-refractivity contribution in [3.63, 3.8) is 0 Å². The molecular weight excluding hydrogens is 324 g/mol. The molecular formula is C18H20N2O3S. The van der Waals surface area contributed by atoms with Crippen molar-refractivity contribution >= 4 is 21.4 Å². The molecule has 3 rings (SSSR count). The smallest absolute Gasteiger partial charge is 0.235 e. The highest BCUT2D eigenvalue weighted by molar-refractivity contribution is 7.90. The van der Waals surface area contributed by atoms with Crippen LogP contribution in [0.1, 0.15) is 30.0 Å². The first-order valence-electron chi connectivity index (χ1n) is 7.89. The lowest BCUT2D eigenvalue weighted by molar-refractivity contribution is -0.120. The van der Waals surface area contributed by atoms with Crippen molar-refractivity contribution in [2.75, 3.05) is 18.2 Å². The lowest BCUT2D eigenvalue weighted by Gasteiger charge is -2.28. The van der Waals surface area contributed by atoms with Crippen LogP contribution in [0.15, 0.2) is 47.5 Å². The summed E-state index contributed by atoms with van der Waals surface area (Å²) in [6.45, 7) is 0. The number of pyridine rings is 1. The van der Waals surface area contributed by atoms with Gasteiger partial charge in [0.15, 0.2) is 9.84 Å². The van der Waals surface area contributed by atoms with Crippen LogP contribution in [0.2, 0.25) is 0 Å².